The second-order valence-corrected chi connectivity index (χ2v) is 9.72. The van der Waals surface area contributed by atoms with Crippen LogP contribution in [0.3, 0.4) is 0 Å². The molecule has 5 aliphatic rings. The fraction of sp³-hybridized carbons (Fsp3) is 0.826. The third kappa shape index (κ3) is 4.45. The minimum absolute atomic E-state index is 0.0500. The Morgan fingerprint density at radius 3 is 2.29 bits per heavy atom. The van der Waals surface area contributed by atoms with Crippen LogP contribution < -0.4 is 0 Å². The number of esters is 2. The van der Waals surface area contributed by atoms with Gasteiger partial charge in [-0.05, 0) is 94.3 Å². The molecule has 0 amide bonds. The lowest BCUT2D eigenvalue weighted by Gasteiger charge is -2.54. The van der Waals surface area contributed by atoms with Crippen LogP contribution >= 0.6 is 0 Å². The first kappa shape index (κ1) is 19.9. The molecule has 2 atom stereocenters. The Balaban J connectivity index is 1.16. The topological polar surface area (TPSA) is 61.8 Å². The molecule has 4 bridgehead atoms. The van der Waals surface area contributed by atoms with Gasteiger partial charge in [0.1, 0.15) is 6.10 Å². The predicted octanol–water partition coefficient (Wildman–Crippen LogP) is 4.25. The molecule has 0 heterocycles. The Morgan fingerprint density at radius 1 is 0.964 bits per heavy atom. The van der Waals surface area contributed by atoms with Gasteiger partial charge in [-0.2, -0.15) is 0 Å². The highest BCUT2D eigenvalue weighted by Gasteiger charge is 2.48. The van der Waals surface area contributed by atoms with Crippen molar-refractivity contribution in [2.45, 2.75) is 70.8 Å². The van der Waals surface area contributed by atoms with E-state index in [1.54, 1.807) is 6.92 Å². The SMILES string of the molecule is C=C(C)C(=O)OC1CCCC(C(=O)OCOCC2C3CC4CC(C3)CC2C4)C1. The fourth-order valence-electron chi connectivity index (χ4n) is 6.43. The van der Waals surface area contributed by atoms with E-state index in [0.29, 0.717) is 17.9 Å². The van der Waals surface area contributed by atoms with Crippen LogP contribution in [-0.4, -0.2) is 31.4 Å². The van der Waals surface area contributed by atoms with Gasteiger partial charge in [-0.1, -0.05) is 6.58 Å². The molecule has 5 nitrogen and oxygen atoms in total. The molecule has 5 fully saturated rings. The highest BCUT2D eigenvalue weighted by Crippen LogP contribution is 2.56. The van der Waals surface area contributed by atoms with Crippen molar-refractivity contribution >= 4 is 11.9 Å². The normalized spacial score (nSPS) is 38.8. The summed E-state index contributed by atoms with van der Waals surface area (Å²) in [6.07, 6.45) is 9.75. The van der Waals surface area contributed by atoms with Crippen molar-refractivity contribution in [3.8, 4) is 0 Å². The Hall–Kier alpha value is -1.36. The van der Waals surface area contributed by atoms with Gasteiger partial charge in [-0.3, -0.25) is 4.79 Å². The zero-order valence-corrected chi connectivity index (χ0v) is 17.1. The van der Waals surface area contributed by atoms with Crippen molar-refractivity contribution in [1.29, 1.82) is 0 Å². The van der Waals surface area contributed by atoms with Gasteiger partial charge in [-0.25, -0.2) is 4.79 Å². The van der Waals surface area contributed by atoms with Crippen LogP contribution in [0.25, 0.3) is 0 Å². The number of carbonyl (C=O) groups excluding carboxylic acids is 2. The summed E-state index contributed by atoms with van der Waals surface area (Å²) in [5.74, 6) is 3.44. The minimum atomic E-state index is -0.377. The number of ether oxygens (including phenoxy) is 3. The summed E-state index contributed by atoms with van der Waals surface area (Å²) < 4.78 is 16.6. The van der Waals surface area contributed by atoms with Crippen molar-refractivity contribution in [2.75, 3.05) is 13.4 Å². The third-order valence-corrected chi connectivity index (χ3v) is 7.60. The molecule has 0 saturated heterocycles. The van der Waals surface area contributed by atoms with Gasteiger partial charge in [0.25, 0.3) is 0 Å². The highest BCUT2D eigenvalue weighted by molar-refractivity contribution is 5.87. The molecule has 0 N–H and O–H groups in total. The van der Waals surface area contributed by atoms with E-state index < -0.39 is 0 Å². The highest BCUT2D eigenvalue weighted by atomic mass is 16.7. The van der Waals surface area contributed by atoms with Gasteiger partial charge in [0.05, 0.1) is 12.5 Å². The summed E-state index contributed by atoms with van der Waals surface area (Å²) in [6.45, 7) is 6.02. The summed E-state index contributed by atoms with van der Waals surface area (Å²) >= 11 is 0. The Morgan fingerprint density at radius 2 is 1.64 bits per heavy atom. The van der Waals surface area contributed by atoms with Gasteiger partial charge < -0.3 is 14.2 Å². The number of carbonyl (C=O) groups is 2. The van der Waals surface area contributed by atoms with E-state index >= 15 is 0 Å². The molecule has 28 heavy (non-hydrogen) atoms. The summed E-state index contributed by atoms with van der Waals surface area (Å²) in [5.41, 5.74) is 0.392. The van der Waals surface area contributed by atoms with Crippen molar-refractivity contribution in [2.24, 2.45) is 35.5 Å². The van der Waals surface area contributed by atoms with Crippen molar-refractivity contribution in [1.82, 2.24) is 0 Å². The maximum Gasteiger partial charge on any atom is 0.333 e. The summed E-state index contributed by atoms with van der Waals surface area (Å²) in [5, 5.41) is 0. The molecular formula is C23H34O5. The molecule has 0 aromatic heterocycles. The van der Waals surface area contributed by atoms with E-state index in [0.717, 1.165) is 49.5 Å². The molecule has 5 heteroatoms. The fourth-order valence-corrected chi connectivity index (χ4v) is 6.43. The molecule has 5 saturated carbocycles. The van der Waals surface area contributed by atoms with Crippen LogP contribution in [0.15, 0.2) is 12.2 Å². The van der Waals surface area contributed by atoms with E-state index in [4.69, 9.17) is 14.2 Å². The number of rotatable bonds is 7. The van der Waals surface area contributed by atoms with Crippen LogP contribution in [-0.2, 0) is 23.8 Å². The molecule has 0 aromatic rings. The van der Waals surface area contributed by atoms with Crippen LogP contribution in [0, 0.1) is 35.5 Å². The van der Waals surface area contributed by atoms with Crippen LogP contribution in [0.5, 0.6) is 0 Å². The van der Waals surface area contributed by atoms with E-state index in [9.17, 15) is 9.59 Å². The molecule has 0 aliphatic heterocycles. The lowest BCUT2D eigenvalue weighted by atomic mass is 9.52. The minimum Gasteiger partial charge on any atom is -0.459 e. The Labute approximate surface area is 168 Å². The monoisotopic (exact) mass is 390 g/mol. The number of hydrogen-bond donors (Lipinski definition) is 0. The molecule has 0 aromatic carbocycles. The van der Waals surface area contributed by atoms with Gasteiger partial charge >= 0.3 is 11.9 Å². The predicted molar refractivity (Wildman–Crippen MR) is 104 cm³/mol. The average Bonchev–Trinajstić information content (AvgIpc) is 2.66. The maximum atomic E-state index is 12.4. The zero-order chi connectivity index (χ0) is 19.7. The maximum absolute atomic E-state index is 12.4. The van der Waals surface area contributed by atoms with Gasteiger partial charge in [0.15, 0.2) is 6.79 Å². The van der Waals surface area contributed by atoms with Crippen molar-refractivity contribution in [3.63, 3.8) is 0 Å². The second kappa shape index (κ2) is 8.56. The molecular weight excluding hydrogens is 356 g/mol. The van der Waals surface area contributed by atoms with Gasteiger partial charge in [0, 0.05) is 5.57 Å². The molecule has 0 radical (unpaired) electrons. The third-order valence-electron chi connectivity index (χ3n) is 7.60. The quantitative estimate of drug-likeness (QED) is 0.281. The summed E-state index contributed by atoms with van der Waals surface area (Å²) in [4.78, 5) is 24.1. The first-order valence-electron chi connectivity index (χ1n) is 11.1. The van der Waals surface area contributed by atoms with Crippen molar-refractivity contribution < 1.29 is 23.8 Å². The van der Waals surface area contributed by atoms with Crippen LogP contribution in [0.1, 0.15) is 64.7 Å². The molecule has 156 valence electrons. The largest absolute Gasteiger partial charge is 0.459 e. The summed E-state index contributed by atoms with van der Waals surface area (Å²) in [6, 6.07) is 0. The van der Waals surface area contributed by atoms with E-state index in [-0.39, 0.29) is 30.8 Å². The standard InChI is InChI=1S/C23H34O5/c1-14(2)22(24)28-20-5-3-4-17(11-20)23(25)27-13-26-12-21-18-7-15-6-16(9-18)10-19(21)8-15/h15-21H,1,3-13H2,2H3. The first-order chi connectivity index (χ1) is 13.5. The second-order valence-electron chi connectivity index (χ2n) is 9.72. The van der Waals surface area contributed by atoms with E-state index in [2.05, 4.69) is 6.58 Å². The van der Waals surface area contributed by atoms with E-state index in [1.807, 2.05) is 0 Å². The molecule has 0 spiro atoms. The lowest BCUT2D eigenvalue weighted by molar-refractivity contribution is -0.170. The van der Waals surface area contributed by atoms with E-state index in [1.165, 1.54) is 32.1 Å². The Kier molecular flexibility index (Phi) is 6.10. The first-order valence-corrected chi connectivity index (χ1v) is 11.1. The number of hydrogen-bond acceptors (Lipinski definition) is 5. The van der Waals surface area contributed by atoms with Crippen LogP contribution in [0.4, 0.5) is 0 Å². The Bertz CT molecular complexity index is 584. The summed E-state index contributed by atoms with van der Waals surface area (Å²) in [7, 11) is 0. The zero-order valence-electron chi connectivity index (χ0n) is 17.1. The molecule has 2 unspecified atom stereocenters. The average molecular weight is 391 g/mol. The smallest absolute Gasteiger partial charge is 0.333 e. The lowest BCUT2D eigenvalue weighted by Crippen LogP contribution is -2.46. The molecule has 5 aliphatic carbocycles. The van der Waals surface area contributed by atoms with Crippen molar-refractivity contribution in [3.05, 3.63) is 12.2 Å². The van der Waals surface area contributed by atoms with Crippen LogP contribution in [0.2, 0.25) is 0 Å². The van der Waals surface area contributed by atoms with Gasteiger partial charge in [-0.15, -0.1) is 0 Å². The van der Waals surface area contributed by atoms with Gasteiger partial charge in [0.2, 0.25) is 0 Å². The molecule has 5 rings (SSSR count).